The lowest BCUT2D eigenvalue weighted by molar-refractivity contribution is -0.384. The summed E-state index contributed by atoms with van der Waals surface area (Å²) in [5.41, 5.74) is -0.0443. The van der Waals surface area contributed by atoms with E-state index in [1.807, 2.05) is 11.4 Å². The van der Waals surface area contributed by atoms with E-state index >= 15 is 0 Å². The smallest absolute Gasteiger partial charge is 0.273 e. The van der Waals surface area contributed by atoms with Crippen molar-refractivity contribution in [1.82, 2.24) is 9.97 Å². The fraction of sp³-hybridized carbons (Fsp3) is 0.200. The van der Waals surface area contributed by atoms with Crippen LogP contribution in [-0.2, 0) is 0 Å². The van der Waals surface area contributed by atoms with E-state index in [2.05, 4.69) is 9.97 Å². The van der Waals surface area contributed by atoms with Crippen molar-refractivity contribution in [1.29, 1.82) is 0 Å². The van der Waals surface area contributed by atoms with Crippen LogP contribution in [0.5, 0.6) is 5.75 Å². The van der Waals surface area contributed by atoms with Crippen molar-refractivity contribution in [3.8, 4) is 5.75 Å². The summed E-state index contributed by atoms with van der Waals surface area (Å²) >= 11 is 2.96. The molecule has 0 aliphatic heterocycles. The van der Waals surface area contributed by atoms with Gasteiger partial charge in [-0.1, -0.05) is 6.07 Å². The SMILES string of the molecule is O=[N+]([O-])c1cccc(OCC(O)CSc2ncnc3sccc23)c1. The highest BCUT2D eigenvalue weighted by Gasteiger charge is 2.12. The van der Waals surface area contributed by atoms with Gasteiger partial charge in [0.05, 0.1) is 17.1 Å². The van der Waals surface area contributed by atoms with Crippen molar-refractivity contribution in [2.45, 2.75) is 11.1 Å². The average Bonchev–Trinajstić information content (AvgIpc) is 3.07. The molecule has 0 saturated carbocycles. The number of thiophene rings is 1. The van der Waals surface area contributed by atoms with Gasteiger partial charge in [-0.3, -0.25) is 10.1 Å². The lowest BCUT2D eigenvalue weighted by atomic mass is 10.3. The highest BCUT2D eigenvalue weighted by atomic mass is 32.2. The highest BCUT2D eigenvalue weighted by Crippen LogP contribution is 2.28. The van der Waals surface area contributed by atoms with Gasteiger partial charge in [-0.25, -0.2) is 9.97 Å². The molecule has 1 unspecified atom stereocenters. The number of aromatic nitrogens is 2. The van der Waals surface area contributed by atoms with Gasteiger partial charge in [-0.05, 0) is 17.5 Å². The molecule has 9 heteroatoms. The lowest BCUT2D eigenvalue weighted by Crippen LogP contribution is -2.20. The predicted octanol–water partition coefficient (Wildman–Crippen LogP) is 3.13. The molecule has 2 heterocycles. The first-order valence-electron chi connectivity index (χ1n) is 7.00. The number of nitro benzene ring substituents is 1. The third-order valence-corrected chi connectivity index (χ3v) is 5.08. The summed E-state index contributed by atoms with van der Waals surface area (Å²) in [7, 11) is 0. The van der Waals surface area contributed by atoms with Gasteiger partial charge in [-0.15, -0.1) is 23.1 Å². The molecule has 0 aliphatic rings. The Morgan fingerprint density at radius 3 is 3.08 bits per heavy atom. The zero-order valence-corrected chi connectivity index (χ0v) is 14.0. The minimum atomic E-state index is -0.724. The number of fused-ring (bicyclic) bond motifs is 1. The zero-order valence-electron chi connectivity index (χ0n) is 12.4. The summed E-state index contributed by atoms with van der Waals surface area (Å²) in [5.74, 6) is 0.757. The molecule has 0 radical (unpaired) electrons. The van der Waals surface area contributed by atoms with Crippen molar-refractivity contribution < 1.29 is 14.8 Å². The number of thioether (sulfide) groups is 1. The van der Waals surface area contributed by atoms with Gasteiger partial charge in [0.2, 0.25) is 0 Å². The van der Waals surface area contributed by atoms with Crippen LogP contribution in [0.25, 0.3) is 10.2 Å². The second kappa shape index (κ2) is 7.56. The molecule has 1 atom stereocenters. The first-order valence-corrected chi connectivity index (χ1v) is 8.86. The number of ether oxygens (including phenoxy) is 1. The van der Waals surface area contributed by atoms with Gasteiger partial charge in [-0.2, -0.15) is 0 Å². The average molecular weight is 363 g/mol. The van der Waals surface area contributed by atoms with E-state index in [0.29, 0.717) is 11.5 Å². The maximum Gasteiger partial charge on any atom is 0.273 e. The second-order valence-corrected chi connectivity index (χ2v) is 6.75. The van der Waals surface area contributed by atoms with Gasteiger partial charge in [0.1, 0.15) is 28.5 Å². The predicted molar refractivity (Wildman–Crippen MR) is 92.7 cm³/mol. The van der Waals surface area contributed by atoms with Crippen molar-refractivity contribution in [3.05, 3.63) is 52.2 Å². The van der Waals surface area contributed by atoms with E-state index < -0.39 is 11.0 Å². The Hall–Kier alpha value is -2.23. The summed E-state index contributed by atoms with van der Waals surface area (Å²) in [6.45, 7) is 0.0476. The summed E-state index contributed by atoms with van der Waals surface area (Å²) in [6, 6.07) is 7.84. The number of hydrogen-bond acceptors (Lipinski definition) is 8. The number of nitro groups is 1. The summed E-state index contributed by atoms with van der Waals surface area (Å²) in [5, 5.41) is 24.5. The van der Waals surface area contributed by atoms with Crippen LogP contribution in [0.4, 0.5) is 5.69 Å². The van der Waals surface area contributed by atoms with Crippen LogP contribution in [0.2, 0.25) is 0 Å². The monoisotopic (exact) mass is 363 g/mol. The number of non-ortho nitro benzene ring substituents is 1. The number of hydrogen-bond donors (Lipinski definition) is 1. The third kappa shape index (κ3) is 3.99. The normalized spacial score (nSPS) is 12.2. The first kappa shape index (κ1) is 16.6. The van der Waals surface area contributed by atoms with Gasteiger partial charge in [0.15, 0.2) is 0 Å². The quantitative estimate of drug-likeness (QED) is 0.298. The molecule has 3 rings (SSSR count). The molecule has 2 aromatic heterocycles. The number of benzene rings is 1. The van der Waals surface area contributed by atoms with Crippen LogP contribution >= 0.6 is 23.1 Å². The van der Waals surface area contributed by atoms with Gasteiger partial charge in [0.25, 0.3) is 5.69 Å². The van der Waals surface area contributed by atoms with Crippen LogP contribution in [-0.4, -0.2) is 38.5 Å². The summed E-state index contributed by atoms with van der Waals surface area (Å²) < 4.78 is 5.42. The molecule has 1 aromatic carbocycles. The first-order chi connectivity index (χ1) is 11.6. The minimum absolute atomic E-state index is 0.0443. The molecular weight excluding hydrogens is 350 g/mol. The van der Waals surface area contributed by atoms with Crippen molar-refractivity contribution in [2.24, 2.45) is 0 Å². The molecule has 1 N–H and O–H groups in total. The minimum Gasteiger partial charge on any atom is -0.491 e. The van der Waals surface area contributed by atoms with E-state index in [1.165, 1.54) is 30.2 Å². The Balaban J connectivity index is 1.54. The van der Waals surface area contributed by atoms with Crippen molar-refractivity contribution in [2.75, 3.05) is 12.4 Å². The standard InChI is InChI=1S/C15H13N3O4S2/c19-11(7-22-12-3-1-2-10(6-12)18(20)21)8-24-15-13-4-5-23-14(13)16-9-17-15/h1-6,9,11,19H,7-8H2. The van der Waals surface area contributed by atoms with Crippen LogP contribution in [0.1, 0.15) is 0 Å². The molecule has 0 fully saturated rings. The molecule has 124 valence electrons. The number of aliphatic hydroxyl groups is 1. The van der Waals surface area contributed by atoms with Crippen molar-refractivity contribution in [3.63, 3.8) is 0 Å². The largest absolute Gasteiger partial charge is 0.491 e. The summed E-state index contributed by atoms with van der Waals surface area (Å²) in [4.78, 5) is 19.6. The van der Waals surface area contributed by atoms with Gasteiger partial charge < -0.3 is 9.84 Å². The van der Waals surface area contributed by atoms with E-state index in [-0.39, 0.29) is 12.3 Å². The Kier molecular flexibility index (Phi) is 5.24. The molecule has 24 heavy (non-hydrogen) atoms. The second-order valence-electron chi connectivity index (χ2n) is 4.85. The van der Waals surface area contributed by atoms with Crippen LogP contribution < -0.4 is 4.74 Å². The summed E-state index contributed by atoms with van der Waals surface area (Å²) in [6.07, 6.45) is 0.783. The maximum absolute atomic E-state index is 10.7. The Bertz CT molecular complexity index is 855. The van der Waals surface area contributed by atoms with Crippen LogP contribution in [0.3, 0.4) is 0 Å². The molecule has 0 amide bonds. The number of nitrogens with zero attached hydrogens (tertiary/aromatic N) is 3. The molecule has 0 saturated heterocycles. The molecular formula is C15H13N3O4S2. The van der Waals surface area contributed by atoms with E-state index in [0.717, 1.165) is 15.2 Å². The fourth-order valence-electron chi connectivity index (χ4n) is 1.98. The van der Waals surface area contributed by atoms with E-state index in [1.54, 1.807) is 23.5 Å². The Morgan fingerprint density at radius 1 is 1.38 bits per heavy atom. The van der Waals surface area contributed by atoms with Crippen LogP contribution in [0, 0.1) is 10.1 Å². The topological polar surface area (TPSA) is 98.4 Å². The third-order valence-electron chi connectivity index (χ3n) is 3.11. The molecule has 0 aliphatic carbocycles. The molecule has 3 aromatic rings. The van der Waals surface area contributed by atoms with Crippen LogP contribution in [0.15, 0.2) is 47.1 Å². The van der Waals surface area contributed by atoms with E-state index in [9.17, 15) is 15.2 Å². The lowest BCUT2D eigenvalue weighted by Gasteiger charge is -2.12. The zero-order chi connectivity index (χ0) is 16.9. The maximum atomic E-state index is 10.7. The van der Waals surface area contributed by atoms with Gasteiger partial charge in [0, 0.05) is 17.2 Å². The number of rotatable bonds is 7. The molecule has 0 spiro atoms. The Morgan fingerprint density at radius 2 is 2.25 bits per heavy atom. The molecule has 0 bridgehead atoms. The van der Waals surface area contributed by atoms with Crippen molar-refractivity contribution >= 4 is 39.0 Å². The van der Waals surface area contributed by atoms with E-state index in [4.69, 9.17) is 4.74 Å². The van der Waals surface area contributed by atoms with Gasteiger partial charge >= 0.3 is 0 Å². The highest BCUT2D eigenvalue weighted by molar-refractivity contribution is 7.99. The number of aliphatic hydroxyl groups excluding tert-OH is 1. The Labute approximate surface area is 145 Å². The fourth-order valence-corrected chi connectivity index (χ4v) is 3.67. The molecule has 7 nitrogen and oxygen atoms in total.